The SMILES string of the molecule is CC(Cc1ccc(Br)cc1F)C(N)c1ccccc1. The molecule has 2 aromatic carbocycles. The molecule has 2 atom stereocenters. The quantitative estimate of drug-likeness (QED) is 0.883. The molecule has 0 heterocycles. The molecule has 0 radical (unpaired) electrons. The normalized spacial score (nSPS) is 14.1. The summed E-state index contributed by atoms with van der Waals surface area (Å²) in [5.41, 5.74) is 8.04. The van der Waals surface area contributed by atoms with Gasteiger partial charge in [0.1, 0.15) is 5.82 Å². The molecule has 0 aliphatic heterocycles. The second-order valence-electron chi connectivity index (χ2n) is 4.85. The minimum atomic E-state index is -0.179. The van der Waals surface area contributed by atoms with Crippen LogP contribution < -0.4 is 5.73 Å². The Kier molecular flexibility index (Phi) is 4.72. The molecule has 2 N–H and O–H groups in total. The van der Waals surface area contributed by atoms with Crippen LogP contribution in [0.5, 0.6) is 0 Å². The highest BCUT2D eigenvalue weighted by Gasteiger charge is 2.16. The van der Waals surface area contributed by atoms with E-state index < -0.39 is 0 Å². The predicted molar refractivity (Wildman–Crippen MR) is 80.3 cm³/mol. The first kappa shape index (κ1) is 14.2. The zero-order chi connectivity index (χ0) is 13.8. The average molecular weight is 322 g/mol. The molecule has 1 nitrogen and oxygen atoms in total. The van der Waals surface area contributed by atoms with Crippen LogP contribution in [0.15, 0.2) is 53.0 Å². The van der Waals surface area contributed by atoms with Crippen LogP contribution in [0.1, 0.15) is 24.1 Å². The van der Waals surface area contributed by atoms with E-state index in [1.807, 2.05) is 42.5 Å². The van der Waals surface area contributed by atoms with Crippen molar-refractivity contribution in [1.29, 1.82) is 0 Å². The maximum absolute atomic E-state index is 13.8. The van der Waals surface area contributed by atoms with Gasteiger partial charge in [0.15, 0.2) is 0 Å². The number of nitrogens with two attached hydrogens (primary N) is 1. The molecule has 100 valence electrons. The highest BCUT2D eigenvalue weighted by Crippen LogP contribution is 2.25. The number of benzene rings is 2. The maximum atomic E-state index is 13.8. The number of hydrogen-bond acceptors (Lipinski definition) is 1. The molecule has 0 aliphatic carbocycles. The monoisotopic (exact) mass is 321 g/mol. The fourth-order valence-electron chi connectivity index (χ4n) is 2.16. The Hall–Kier alpha value is -1.19. The Balaban J connectivity index is 2.10. The second-order valence-corrected chi connectivity index (χ2v) is 5.77. The predicted octanol–water partition coefficient (Wildman–Crippen LogP) is 4.47. The molecule has 19 heavy (non-hydrogen) atoms. The lowest BCUT2D eigenvalue weighted by atomic mass is 9.90. The van der Waals surface area contributed by atoms with E-state index >= 15 is 0 Å². The van der Waals surface area contributed by atoms with Gasteiger partial charge in [-0.25, -0.2) is 4.39 Å². The third-order valence-electron chi connectivity index (χ3n) is 3.35. The average Bonchev–Trinajstić information content (AvgIpc) is 2.42. The third kappa shape index (κ3) is 3.64. The fraction of sp³-hybridized carbons (Fsp3) is 0.250. The molecule has 0 amide bonds. The lowest BCUT2D eigenvalue weighted by Gasteiger charge is -2.20. The van der Waals surface area contributed by atoms with Gasteiger partial charge in [0.2, 0.25) is 0 Å². The fourth-order valence-corrected chi connectivity index (χ4v) is 2.50. The van der Waals surface area contributed by atoms with Crippen molar-refractivity contribution in [2.45, 2.75) is 19.4 Å². The summed E-state index contributed by atoms with van der Waals surface area (Å²) >= 11 is 3.26. The number of rotatable bonds is 4. The Bertz CT molecular complexity index is 542. The Morgan fingerprint density at radius 3 is 2.47 bits per heavy atom. The molecule has 0 aliphatic rings. The van der Waals surface area contributed by atoms with Crippen LogP contribution >= 0.6 is 15.9 Å². The van der Waals surface area contributed by atoms with E-state index in [1.165, 1.54) is 6.07 Å². The second kappa shape index (κ2) is 6.31. The molecule has 2 aromatic rings. The number of hydrogen-bond donors (Lipinski definition) is 1. The van der Waals surface area contributed by atoms with Crippen LogP contribution in [0.25, 0.3) is 0 Å². The third-order valence-corrected chi connectivity index (χ3v) is 3.85. The van der Waals surface area contributed by atoms with Gasteiger partial charge in [-0.1, -0.05) is 59.3 Å². The van der Waals surface area contributed by atoms with E-state index in [0.29, 0.717) is 12.0 Å². The largest absolute Gasteiger partial charge is 0.324 e. The molecule has 3 heteroatoms. The summed E-state index contributed by atoms with van der Waals surface area (Å²) in [6.45, 7) is 2.05. The Morgan fingerprint density at radius 1 is 1.16 bits per heavy atom. The van der Waals surface area contributed by atoms with Gasteiger partial charge in [0, 0.05) is 10.5 Å². The van der Waals surface area contributed by atoms with Crippen LogP contribution in [0.4, 0.5) is 4.39 Å². The van der Waals surface area contributed by atoms with Crippen molar-refractivity contribution in [2.24, 2.45) is 11.7 Å². The van der Waals surface area contributed by atoms with Gasteiger partial charge in [-0.05, 0) is 35.6 Å². The molecule has 0 aromatic heterocycles. The van der Waals surface area contributed by atoms with Gasteiger partial charge in [-0.3, -0.25) is 0 Å². The van der Waals surface area contributed by atoms with Crippen molar-refractivity contribution in [3.05, 3.63) is 69.9 Å². The molecule has 0 saturated carbocycles. The first-order valence-corrected chi connectivity index (χ1v) is 7.11. The van der Waals surface area contributed by atoms with Crippen LogP contribution in [-0.2, 0) is 6.42 Å². The molecular weight excluding hydrogens is 305 g/mol. The van der Waals surface area contributed by atoms with Crippen LogP contribution in [0, 0.1) is 11.7 Å². The van der Waals surface area contributed by atoms with Gasteiger partial charge < -0.3 is 5.73 Å². The standard InChI is InChI=1S/C16H17BrFN/c1-11(16(19)12-5-3-2-4-6-12)9-13-7-8-14(17)10-15(13)18/h2-8,10-11,16H,9,19H2,1H3. The van der Waals surface area contributed by atoms with Gasteiger partial charge >= 0.3 is 0 Å². The molecule has 0 saturated heterocycles. The lowest BCUT2D eigenvalue weighted by molar-refractivity contribution is 0.457. The summed E-state index contributed by atoms with van der Waals surface area (Å²) in [5, 5.41) is 0. The summed E-state index contributed by atoms with van der Waals surface area (Å²) < 4.78 is 14.6. The van der Waals surface area contributed by atoms with Crippen LogP contribution in [-0.4, -0.2) is 0 Å². The van der Waals surface area contributed by atoms with E-state index in [4.69, 9.17) is 5.73 Å². The molecule has 0 fully saturated rings. The summed E-state index contributed by atoms with van der Waals surface area (Å²) in [6, 6.07) is 15.0. The van der Waals surface area contributed by atoms with E-state index in [-0.39, 0.29) is 17.8 Å². The van der Waals surface area contributed by atoms with E-state index in [9.17, 15) is 4.39 Å². The first-order valence-electron chi connectivity index (χ1n) is 6.32. The van der Waals surface area contributed by atoms with Crippen molar-refractivity contribution >= 4 is 15.9 Å². The van der Waals surface area contributed by atoms with Gasteiger partial charge in [-0.15, -0.1) is 0 Å². The summed E-state index contributed by atoms with van der Waals surface area (Å²) in [4.78, 5) is 0. The van der Waals surface area contributed by atoms with Crippen molar-refractivity contribution in [3.8, 4) is 0 Å². The highest BCUT2D eigenvalue weighted by molar-refractivity contribution is 9.10. The van der Waals surface area contributed by atoms with Crippen molar-refractivity contribution in [3.63, 3.8) is 0 Å². The van der Waals surface area contributed by atoms with E-state index in [0.717, 1.165) is 10.0 Å². The summed E-state index contributed by atoms with van der Waals surface area (Å²) in [6.07, 6.45) is 0.634. The van der Waals surface area contributed by atoms with Crippen LogP contribution in [0.3, 0.4) is 0 Å². The van der Waals surface area contributed by atoms with Crippen molar-refractivity contribution < 1.29 is 4.39 Å². The zero-order valence-corrected chi connectivity index (χ0v) is 12.4. The van der Waals surface area contributed by atoms with E-state index in [1.54, 1.807) is 0 Å². The lowest BCUT2D eigenvalue weighted by Crippen LogP contribution is -2.21. The van der Waals surface area contributed by atoms with E-state index in [2.05, 4.69) is 22.9 Å². The summed E-state index contributed by atoms with van der Waals surface area (Å²) in [5.74, 6) is -0.000405. The topological polar surface area (TPSA) is 26.0 Å². The minimum Gasteiger partial charge on any atom is -0.324 e. The minimum absolute atomic E-state index is 0.0794. The molecule has 0 bridgehead atoms. The Morgan fingerprint density at radius 2 is 1.84 bits per heavy atom. The molecule has 2 rings (SSSR count). The maximum Gasteiger partial charge on any atom is 0.127 e. The molecular formula is C16H17BrFN. The van der Waals surface area contributed by atoms with Crippen molar-refractivity contribution in [1.82, 2.24) is 0 Å². The molecule has 2 unspecified atom stereocenters. The Labute approximate surface area is 121 Å². The van der Waals surface area contributed by atoms with Gasteiger partial charge in [0.25, 0.3) is 0 Å². The number of halogens is 2. The van der Waals surface area contributed by atoms with Gasteiger partial charge in [0.05, 0.1) is 0 Å². The highest BCUT2D eigenvalue weighted by atomic mass is 79.9. The van der Waals surface area contributed by atoms with Crippen molar-refractivity contribution in [2.75, 3.05) is 0 Å². The van der Waals surface area contributed by atoms with Crippen LogP contribution in [0.2, 0.25) is 0 Å². The van der Waals surface area contributed by atoms with Gasteiger partial charge in [-0.2, -0.15) is 0 Å². The smallest absolute Gasteiger partial charge is 0.127 e. The first-order chi connectivity index (χ1) is 9.08. The zero-order valence-electron chi connectivity index (χ0n) is 10.8. The summed E-state index contributed by atoms with van der Waals surface area (Å²) in [7, 11) is 0. The molecule has 0 spiro atoms.